The van der Waals surface area contributed by atoms with Crippen LogP contribution in [0.4, 0.5) is 5.00 Å². The molecule has 0 amide bonds. The summed E-state index contributed by atoms with van der Waals surface area (Å²) in [6, 6.07) is 4.34. The average Bonchev–Trinajstić information content (AvgIpc) is 3.40. The van der Waals surface area contributed by atoms with Gasteiger partial charge in [-0.2, -0.15) is 0 Å². The van der Waals surface area contributed by atoms with E-state index in [4.69, 9.17) is 4.42 Å². The number of oxazole rings is 1. The fraction of sp³-hybridized carbons (Fsp3) is 0.636. The maximum absolute atomic E-state index is 5.75. The molecule has 0 saturated carbocycles. The highest BCUT2D eigenvalue weighted by atomic mass is 32.1. The van der Waals surface area contributed by atoms with Crippen LogP contribution in [-0.2, 0) is 6.54 Å². The highest BCUT2D eigenvalue weighted by Gasteiger charge is 2.23. The number of thiophene rings is 1. The number of nitrogens with zero attached hydrogens (tertiary/aromatic N) is 5. The lowest BCUT2D eigenvalue weighted by atomic mass is 9.97. The molecule has 0 atom stereocenters. The number of nitrogens with one attached hydrogen (secondary N) is 1. The average molecular weight is 431 g/mol. The number of guanidine groups is 1. The number of hydrogen-bond acceptors (Lipinski definition) is 6. The first-order valence-electron chi connectivity index (χ1n) is 11.0. The third kappa shape index (κ3) is 5.16. The Labute approximate surface area is 183 Å². The van der Waals surface area contributed by atoms with E-state index in [1.165, 1.54) is 17.8 Å². The van der Waals surface area contributed by atoms with Gasteiger partial charge in [0.1, 0.15) is 5.76 Å². The summed E-state index contributed by atoms with van der Waals surface area (Å²) in [6.45, 7) is 12.2. The van der Waals surface area contributed by atoms with Crippen molar-refractivity contribution in [3.8, 4) is 0 Å². The van der Waals surface area contributed by atoms with Crippen LogP contribution in [0.1, 0.15) is 30.2 Å². The van der Waals surface area contributed by atoms with Crippen molar-refractivity contribution in [2.75, 3.05) is 57.8 Å². The molecule has 30 heavy (non-hydrogen) atoms. The molecule has 0 aromatic carbocycles. The molecule has 2 saturated heterocycles. The van der Waals surface area contributed by atoms with E-state index in [0.717, 1.165) is 75.7 Å². The first-order valence-corrected chi connectivity index (χ1v) is 11.9. The quantitative estimate of drug-likeness (QED) is 0.581. The van der Waals surface area contributed by atoms with Gasteiger partial charge < -0.3 is 19.5 Å². The molecule has 0 bridgehead atoms. The van der Waals surface area contributed by atoms with Crippen LogP contribution in [0, 0.1) is 19.8 Å². The van der Waals surface area contributed by atoms with E-state index in [9.17, 15) is 0 Å². The van der Waals surface area contributed by atoms with Gasteiger partial charge >= 0.3 is 0 Å². The summed E-state index contributed by atoms with van der Waals surface area (Å²) in [7, 11) is 1.90. The van der Waals surface area contributed by atoms with Gasteiger partial charge in [0.05, 0.1) is 17.2 Å². The predicted octanol–water partition coefficient (Wildman–Crippen LogP) is 2.96. The van der Waals surface area contributed by atoms with Crippen LogP contribution >= 0.6 is 11.3 Å². The molecule has 4 heterocycles. The number of aliphatic imine (C=N–C) groups is 1. The van der Waals surface area contributed by atoms with E-state index < -0.39 is 0 Å². The van der Waals surface area contributed by atoms with Crippen molar-refractivity contribution in [1.82, 2.24) is 20.1 Å². The van der Waals surface area contributed by atoms with Gasteiger partial charge in [-0.15, -0.1) is 11.3 Å². The number of hydrogen-bond donors (Lipinski definition) is 1. The minimum Gasteiger partial charge on any atom is -0.444 e. The van der Waals surface area contributed by atoms with Gasteiger partial charge in [-0.25, -0.2) is 4.98 Å². The number of likely N-dealkylation sites (tertiary alicyclic amines) is 1. The lowest BCUT2D eigenvalue weighted by Gasteiger charge is -2.37. The first kappa shape index (κ1) is 21.2. The smallest absolute Gasteiger partial charge is 0.208 e. The topological polar surface area (TPSA) is 60.1 Å². The zero-order chi connectivity index (χ0) is 20.9. The van der Waals surface area contributed by atoms with Gasteiger partial charge in [-0.1, -0.05) is 0 Å². The van der Waals surface area contributed by atoms with Crippen LogP contribution in [0.3, 0.4) is 0 Å². The molecule has 7 nitrogen and oxygen atoms in total. The summed E-state index contributed by atoms with van der Waals surface area (Å²) >= 11 is 1.82. The Hall–Kier alpha value is -2.06. The molecule has 2 aliphatic heterocycles. The summed E-state index contributed by atoms with van der Waals surface area (Å²) < 4.78 is 5.75. The zero-order valence-electron chi connectivity index (χ0n) is 18.4. The highest BCUT2D eigenvalue weighted by molar-refractivity contribution is 7.14. The van der Waals surface area contributed by atoms with Crippen molar-refractivity contribution in [2.24, 2.45) is 10.9 Å². The molecular formula is C22H34N6OS. The number of piperazine rings is 1. The van der Waals surface area contributed by atoms with Crippen molar-refractivity contribution >= 4 is 22.3 Å². The van der Waals surface area contributed by atoms with Crippen molar-refractivity contribution < 1.29 is 4.42 Å². The van der Waals surface area contributed by atoms with Crippen LogP contribution in [0.2, 0.25) is 0 Å². The van der Waals surface area contributed by atoms with Gasteiger partial charge in [0.15, 0.2) is 5.96 Å². The second-order valence-corrected chi connectivity index (χ2v) is 9.25. The molecule has 1 N–H and O–H groups in total. The summed E-state index contributed by atoms with van der Waals surface area (Å²) in [5, 5.41) is 7.17. The van der Waals surface area contributed by atoms with Crippen LogP contribution in [0.5, 0.6) is 0 Å². The van der Waals surface area contributed by atoms with E-state index in [0.29, 0.717) is 5.92 Å². The van der Waals surface area contributed by atoms with Crippen LogP contribution < -0.4 is 10.2 Å². The Balaban J connectivity index is 1.18. The van der Waals surface area contributed by atoms with E-state index in [-0.39, 0.29) is 0 Å². The van der Waals surface area contributed by atoms with Crippen molar-refractivity contribution in [2.45, 2.75) is 33.2 Å². The van der Waals surface area contributed by atoms with E-state index in [1.54, 1.807) is 0 Å². The number of aryl methyl sites for hydroxylation is 2. The largest absolute Gasteiger partial charge is 0.444 e. The molecule has 8 heteroatoms. The second kappa shape index (κ2) is 9.83. The van der Waals surface area contributed by atoms with Crippen LogP contribution in [0.15, 0.2) is 26.9 Å². The van der Waals surface area contributed by atoms with Gasteiger partial charge in [0.2, 0.25) is 5.89 Å². The molecule has 164 valence electrons. The molecule has 0 aliphatic carbocycles. The van der Waals surface area contributed by atoms with Crippen LogP contribution in [0.25, 0.3) is 0 Å². The minimum atomic E-state index is 0.693. The van der Waals surface area contributed by atoms with E-state index in [1.807, 2.05) is 32.2 Å². The monoisotopic (exact) mass is 430 g/mol. The fourth-order valence-corrected chi connectivity index (χ4v) is 5.09. The Morgan fingerprint density at radius 1 is 1.20 bits per heavy atom. The summed E-state index contributed by atoms with van der Waals surface area (Å²) in [5.74, 6) is 3.53. The van der Waals surface area contributed by atoms with E-state index >= 15 is 0 Å². The second-order valence-electron chi connectivity index (χ2n) is 8.32. The summed E-state index contributed by atoms with van der Waals surface area (Å²) in [6.07, 6.45) is 2.41. The number of anilines is 1. The Morgan fingerprint density at radius 2 is 1.97 bits per heavy atom. The molecule has 2 aromatic rings. The molecule has 0 radical (unpaired) electrons. The lowest BCUT2D eigenvalue weighted by molar-refractivity contribution is 0.163. The molecule has 0 spiro atoms. The molecule has 2 aromatic heterocycles. The van der Waals surface area contributed by atoms with Gasteiger partial charge in [-0.05, 0) is 63.2 Å². The zero-order valence-corrected chi connectivity index (χ0v) is 19.2. The number of piperidine rings is 1. The van der Waals surface area contributed by atoms with Gasteiger partial charge in [0, 0.05) is 39.8 Å². The molecule has 2 fully saturated rings. The maximum Gasteiger partial charge on any atom is 0.208 e. The maximum atomic E-state index is 5.75. The van der Waals surface area contributed by atoms with Gasteiger partial charge in [-0.3, -0.25) is 9.89 Å². The number of aromatic nitrogens is 1. The molecule has 2 aliphatic rings. The minimum absolute atomic E-state index is 0.693. The van der Waals surface area contributed by atoms with E-state index in [2.05, 4.69) is 47.5 Å². The summed E-state index contributed by atoms with van der Waals surface area (Å²) in [4.78, 5) is 16.4. The lowest BCUT2D eigenvalue weighted by Crippen LogP contribution is -2.53. The third-order valence-electron chi connectivity index (χ3n) is 6.30. The van der Waals surface area contributed by atoms with Gasteiger partial charge in [0.25, 0.3) is 0 Å². The normalized spacial score (nSPS) is 19.5. The predicted molar refractivity (Wildman–Crippen MR) is 123 cm³/mol. The van der Waals surface area contributed by atoms with Crippen molar-refractivity contribution in [1.29, 1.82) is 0 Å². The summed E-state index contributed by atoms with van der Waals surface area (Å²) in [5.41, 5.74) is 1.01. The highest BCUT2D eigenvalue weighted by Crippen LogP contribution is 2.23. The third-order valence-corrected chi connectivity index (χ3v) is 7.23. The Bertz CT molecular complexity index is 797. The standard InChI is InChI=1S/C22H34N6OS/c1-17-18(2)29-20(25-17)16-26-8-6-19(7-9-26)15-24-22(23-3)28-12-10-27(11-13-28)21-5-4-14-30-21/h4-5,14,19H,6-13,15-16H2,1-3H3,(H,23,24). The Kier molecular flexibility index (Phi) is 6.94. The Morgan fingerprint density at radius 3 is 2.57 bits per heavy atom. The van der Waals surface area contributed by atoms with Crippen molar-refractivity contribution in [3.05, 3.63) is 34.9 Å². The SMILES string of the molecule is CN=C(NCC1CCN(Cc2nc(C)c(C)o2)CC1)N1CCN(c2cccs2)CC1. The fourth-order valence-electron chi connectivity index (χ4n) is 4.30. The van der Waals surface area contributed by atoms with Crippen molar-refractivity contribution in [3.63, 3.8) is 0 Å². The molecule has 0 unspecified atom stereocenters. The van der Waals surface area contributed by atoms with Crippen LogP contribution in [-0.4, -0.2) is 73.6 Å². The first-order chi connectivity index (χ1) is 14.6. The number of rotatable bonds is 5. The molecule has 4 rings (SSSR count). The molecular weight excluding hydrogens is 396 g/mol.